The lowest BCUT2D eigenvalue weighted by atomic mass is 9.91. The molecule has 0 amide bonds. The molecule has 2 aromatic heterocycles. The maximum absolute atomic E-state index is 10.9. The maximum atomic E-state index is 10.9. The van der Waals surface area contributed by atoms with Gasteiger partial charge in [-0.05, 0) is 31.0 Å². The molecule has 1 N–H and O–H groups in total. The predicted molar refractivity (Wildman–Crippen MR) is 116 cm³/mol. The Hall–Kier alpha value is -2.71. The molecule has 2 unspecified atom stereocenters. The van der Waals surface area contributed by atoms with E-state index in [0.717, 1.165) is 74.8 Å². The fourth-order valence-corrected chi connectivity index (χ4v) is 4.63. The molecule has 0 radical (unpaired) electrons. The minimum Gasteiger partial charge on any atom is -0.385 e. The van der Waals surface area contributed by atoms with E-state index in [4.69, 9.17) is 4.74 Å². The van der Waals surface area contributed by atoms with Crippen LogP contribution in [0, 0.1) is 5.92 Å². The van der Waals surface area contributed by atoms with Crippen LogP contribution < -0.4 is 9.80 Å². The lowest BCUT2D eigenvalue weighted by Crippen LogP contribution is -2.39. The van der Waals surface area contributed by atoms with E-state index >= 15 is 0 Å². The monoisotopic (exact) mass is 408 g/mol. The molecule has 5 rings (SSSR count). The number of hydrogen-bond donors (Lipinski definition) is 1. The summed E-state index contributed by atoms with van der Waals surface area (Å²) in [5.74, 6) is 1.80. The highest BCUT2D eigenvalue weighted by Gasteiger charge is 2.30. The van der Waals surface area contributed by atoms with Gasteiger partial charge in [0.2, 0.25) is 0 Å². The van der Waals surface area contributed by atoms with E-state index < -0.39 is 6.10 Å². The van der Waals surface area contributed by atoms with Crippen LogP contribution in [0.15, 0.2) is 36.9 Å². The number of aliphatic hydroxyl groups is 1. The number of hydrogen-bond acceptors (Lipinski definition) is 7. The minimum absolute atomic E-state index is 0.123. The summed E-state index contributed by atoms with van der Waals surface area (Å²) in [5, 5.41) is 12.0. The lowest BCUT2D eigenvalue weighted by molar-refractivity contribution is 0.0874. The zero-order valence-electron chi connectivity index (χ0n) is 17.3. The van der Waals surface area contributed by atoms with Crippen LogP contribution in [0.5, 0.6) is 0 Å². The van der Waals surface area contributed by atoms with Gasteiger partial charge in [-0.3, -0.25) is 0 Å². The lowest BCUT2D eigenvalue weighted by Gasteiger charge is -2.36. The number of benzene rings is 1. The van der Waals surface area contributed by atoms with Crippen molar-refractivity contribution in [2.24, 2.45) is 13.0 Å². The van der Waals surface area contributed by atoms with Gasteiger partial charge < -0.3 is 24.2 Å². The van der Waals surface area contributed by atoms with Crippen LogP contribution in [0.4, 0.5) is 11.5 Å². The normalized spacial score (nSPS) is 21.2. The SMILES string of the molecule is Cn1ccnc1C(O)C1CCCN(c2ncnc3cc(N4CCOCC4)ccc23)C1. The van der Waals surface area contributed by atoms with Crippen molar-refractivity contribution in [3.8, 4) is 0 Å². The summed E-state index contributed by atoms with van der Waals surface area (Å²) in [4.78, 5) is 18.1. The smallest absolute Gasteiger partial charge is 0.139 e. The molecule has 30 heavy (non-hydrogen) atoms. The molecular formula is C22H28N6O2. The second kappa shape index (κ2) is 8.20. The number of aryl methyl sites for hydroxylation is 1. The van der Waals surface area contributed by atoms with Crippen molar-refractivity contribution >= 4 is 22.4 Å². The van der Waals surface area contributed by atoms with E-state index in [-0.39, 0.29) is 5.92 Å². The number of imidazole rings is 1. The quantitative estimate of drug-likeness (QED) is 0.709. The standard InChI is InChI=1S/C22H28N6O2/c1-26-8-6-23-22(26)20(29)16-3-2-7-28(14-16)21-18-5-4-17(13-19(18)24-15-25-21)27-9-11-30-12-10-27/h4-6,8,13,15-16,20,29H,2-3,7,9-12,14H2,1H3. The number of aliphatic hydroxyl groups excluding tert-OH is 1. The van der Waals surface area contributed by atoms with Gasteiger partial charge >= 0.3 is 0 Å². The van der Waals surface area contributed by atoms with Gasteiger partial charge in [0.15, 0.2) is 0 Å². The van der Waals surface area contributed by atoms with Crippen molar-refractivity contribution < 1.29 is 9.84 Å². The number of rotatable bonds is 4. The average Bonchev–Trinajstić information content (AvgIpc) is 3.24. The van der Waals surface area contributed by atoms with Crippen LogP contribution in [-0.2, 0) is 11.8 Å². The Bertz CT molecular complexity index is 1020. The molecule has 0 aliphatic carbocycles. The van der Waals surface area contributed by atoms with Crippen molar-refractivity contribution in [3.63, 3.8) is 0 Å². The molecule has 0 saturated carbocycles. The highest BCUT2D eigenvalue weighted by atomic mass is 16.5. The number of aromatic nitrogens is 4. The summed E-state index contributed by atoms with van der Waals surface area (Å²) in [6.07, 6.45) is 6.69. The molecule has 2 aliphatic rings. The third-order valence-corrected chi connectivity index (χ3v) is 6.30. The Morgan fingerprint density at radius 1 is 1.10 bits per heavy atom. The maximum Gasteiger partial charge on any atom is 0.139 e. The van der Waals surface area contributed by atoms with Crippen molar-refractivity contribution in [2.75, 3.05) is 49.2 Å². The van der Waals surface area contributed by atoms with Gasteiger partial charge in [0.25, 0.3) is 0 Å². The Kier molecular flexibility index (Phi) is 5.26. The summed E-state index contributed by atoms with van der Waals surface area (Å²) >= 11 is 0. The number of ether oxygens (including phenoxy) is 1. The van der Waals surface area contributed by atoms with Crippen LogP contribution in [0.1, 0.15) is 24.8 Å². The van der Waals surface area contributed by atoms with Crippen LogP contribution in [0.25, 0.3) is 10.9 Å². The van der Waals surface area contributed by atoms with Crippen LogP contribution in [-0.4, -0.2) is 64.0 Å². The average molecular weight is 409 g/mol. The molecule has 0 spiro atoms. The van der Waals surface area contributed by atoms with E-state index in [2.05, 4.69) is 43.0 Å². The zero-order valence-corrected chi connectivity index (χ0v) is 17.3. The van der Waals surface area contributed by atoms with Gasteiger partial charge in [0, 0.05) is 62.6 Å². The first-order valence-electron chi connectivity index (χ1n) is 10.7. The number of fused-ring (bicyclic) bond motifs is 1. The van der Waals surface area contributed by atoms with Gasteiger partial charge in [-0.2, -0.15) is 0 Å². The summed E-state index contributed by atoms with van der Waals surface area (Å²) in [6.45, 7) is 5.03. The number of anilines is 2. The highest BCUT2D eigenvalue weighted by Crippen LogP contribution is 2.33. The van der Waals surface area contributed by atoms with Crippen LogP contribution in [0.2, 0.25) is 0 Å². The highest BCUT2D eigenvalue weighted by molar-refractivity contribution is 5.91. The topological polar surface area (TPSA) is 79.5 Å². The largest absolute Gasteiger partial charge is 0.385 e. The summed E-state index contributed by atoms with van der Waals surface area (Å²) < 4.78 is 7.37. The fourth-order valence-electron chi connectivity index (χ4n) is 4.63. The first kappa shape index (κ1) is 19.3. The van der Waals surface area contributed by atoms with Gasteiger partial charge in [-0.15, -0.1) is 0 Å². The van der Waals surface area contributed by atoms with Crippen LogP contribution >= 0.6 is 0 Å². The third-order valence-electron chi connectivity index (χ3n) is 6.30. The molecule has 2 saturated heterocycles. The van der Waals surface area contributed by atoms with Crippen molar-refractivity contribution in [2.45, 2.75) is 18.9 Å². The minimum atomic E-state index is -0.575. The second-order valence-electron chi connectivity index (χ2n) is 8.19. The molecule has 158 valence electrons. The van der Waals surface area contributed by atoms with Crippen molar-refractivity contribution in [1.82, 2.24) is 19.5 Å². The van der Waals surface area contributed by atoms with Gasteiger partial charge in [0.05, 0.1) is 18.7 Å². The Labute approximate surface area is 176 Å². The molecule has 3 aromatic rings. The first-order valence-corrected chi connectivity index (χ1v) is 10.7. The van der Waals surface area contributed by atoms with E-state index in [0.29, 0.717) is 0 Å². The Morgan fingerprint density at radius 3 is 2.77 bits per heavy atom. The molecule has 2 fully saturated rings. The van der Waals surface area contributed by atoms with Gasteiger partial charge in [0.1, 0.15) is 24.1 Å². The molecule has 8 heteroatoms. The van der Waals surface area contributed by atoms with Gasteiger partial charge in [-0.1, -0.05) is 0 Å². The zero-order chi connectivity index (χ0) is 20.5. The molecule has 1 aromatic carbocycles. The molecule has 0 bridgehead atoms. The predicted octanol–water partition coefficient (Wildman–Crippen LogP) is 2.15. The van der Waals surface area contributed by atoms with E-state index in [1.165, 1.54) is 5.69 Å². The van der Waals surface area contributed by atoms with E-state index in [9.17, 15) is 5.11 Å². The Morgan fingerprint density at radius 2 is 1.97 bits per heavy atom. The second-order valence-corrected chi connectivity index (χ2v) is 8.19. The third kappa shape index (κ3) is 3.61. The molecular weight excluding hydrogens is 380 g/mol. The number of nitrogens with zero attached hydrogens (tertiary/aromatic N) is 6. The summed E-state index contributed by atoms with van der Waals surface area (Å²) in [7, 11) is 1.93. The van der Waals surface area contributed by atoms with E-state index in [1.807, 2.05) is 17.8 Å². The first-order chi connectivity index (χ1) is 14.7. The van der Waals surface area contributed by atoms with Gasteiger partial charge in [-0.25, -0.2) is 15.0 Å². The number of piperidine rings is 1. The van der Waals surface area contributed by atoms with Crippen molar-refractivity contribution in [1.29, 1.82) is 0 Å². The molecule has 4 heterocycles. The van der Waals surface area contributed by atoms with Crippen LogP contribution in [0.3, 0.4) is 0 Å². The Balaban J connectivity index is 1.40. The fraction of sp³-hybridized carbons (Fsp3) is 0.500. The molecule has 8 nitrogen and oxygen atoms in total. The van der Waals surface area contributed by atoms with E-state index in [1.54, 1.807) is 12.5 Å². The van der Waals surface area contributed by atoms with Crippen molar-refractivity contribution in [3.05, 3.63) is 42.7 Å². The summed E-state index contributed by atoms with van der Waals surface area (Å²) in [6, 6.07) is 6.44. The molecule has 2 atom stereocenters. The summed E-state index contributed by atoms with van der Waals surface area (Å²) in [5.41, 5.74) is 2.13. The molecule has 2 aliphatic heterocycles. The number of morpholine rings is 1.